The minimum Gasteiger partial charge on any atom is -0.392 e. The van der Waals surface area contributed by atoms with Crippen molar-refractivity contribution in [3.8, 4) is 22.4 Å². The number of fused-ring (bicyclic) bond motifs is 1. The zero-order valence-electron chi connectivity index (χ0n) is 14.7. The van der Waals surface area contributed by atoms with Crippen LogP contribution in [0.4, 0.5) is 0 Å². The molecule has 2 aromatic carbocycles. The molecule has 136 valence electrons. The summed E-state index contributed by atoms with van der Waals surface area (Å²) < 4.78 is 25.3. The molecule has 0 saturated carbocycles. The minimum absolute atomic E-state index is 0.112. The first-order chi connectivity index (χ1) is 13.0. The van der Waals surface area contributed by atoms with E-state index in [1.54, 1.807) is 28.8 Å². The van der Waals surface area contributed by atoms with Gasteiger partial charge in [0.15, 0.2) is 9.84 Å². The molecule has 4 aromatic rings. The number of aliphatic hydroxyl groups is 1. The number of benzene rings is 2. The van der Waals surface area contributed by atoms with Gasteiger partial charge in [0.1, 0.15) is 5.69 Å². The van der Waals surface area contributed by atoms with Crippen LogP contribution in [0.3, 0.4) is 0 Å². The van der Waals surface area contributed by atoms with Gasteiger partial charge in [-0.3, -0.25) is 0 Å². The molecule has 6 heteroatoms. The van der Waals surface area contributed by atoms with Gasteiger partial charge in [0.05, 0.1) is 17.0 Å². The molecule has 4 rings (SSSR count). The fraction of sp³-hybridized carbons (Fsp3) is 0.0952. The van der Waals surface area contributed by atoms with Crippen molar-refractivity contribution in [1.29, 1.82) is 0 Å². The van der Waals surface area contributed by atoms with Crippen LogP contribution >= 0.6 is 0 Å². The molecule has 5 nitrogen and oxygen atoms in total. The van der Waals surface area contributed by atoms with Crippen LogP contribution in [0.1, 0.15) is 5.56 Å². The molecular weight excluding hydrogens is 360 g/mol. The molecule has 0 fully saturated rings. The quantitative estimate of drug-likeness (QED) is 0.589. The lowest BCUT2D eigenvalue weighted by molar-refractivity contribution is 0.283. The summed E-state index contributed by atoms with van der Waals surface area (Å²) in [7, 11) is -3.27. The summed E-state index contributed by atoms with van der Waals surface area (Å²) >= 11 is 0. The number of aromatic nitrogens is 2. The standard InChI is InChI=1S/C21H18N2O3S/c1-27(25,26)18-11-9-15(10-12-18)19-20(16-6-3-2-4-7-16)22-23-13-5-8-17(14-24)21(19)23/h2-13,24H,14H2,1H3. The van der Waals surface area contributed by atoms with E-state index >= 15 is 0 Å². The summed E-state index contributed by atoms with van der Waals surface area (Å²) in [6.45, 7) is -0.112. The lowest BCUT2D eigenvalue weighted by Gasteiger charge is -2.07. The molecule has 2 aromatic heterocycles. The number of hydrogen-bond acceptors (Lipinski definition) is 4. The Morgan fingerprint density at radius 3 is 2.26 bits per heavy atom. The Labute approximate surface area is 157 Å². The monoisotopic (exact) mass is 378 g/mol. The molecule has 0 aliphatic heterocycles. The van der Waals surface area contributed by atoms with Crippen molar-refractivity contribution in [3.63, 3.8) is 0 Å². The predicted octanol–water partition coefficient (Wildman–Crippen LogP) is 3.56. The average Bonchev–Trinajstić information content (AvgIpc) is 3.08. The van der Waals surface area contributed by atoms with E-state index in [1.807, 2.05) is 48.7 Å². The van der Waals surface area contributed by atoms with Crippen LogP contribution in [-0.2, 0) is 16.4 Å². The van der Waals surface area contributed by atoms with Crippen LogP contribution in [0.15, 0.2) is 77.8 Å². The van der Waals surface area contributed by atoms with Gasteiger partial charge in [-0.2, -0.15) is 5.10 Å². The van der Waals surface area contributed by atoms with Gasteiger partial charge in [-0.15, -0.1) is 0 Å². The van der Waals surface area contributed by atoms with E-state index in [1.165, 1.54) is 6.26 Å². The normalized spacial score (nSPS) is 11.8. The Kier molecular flexibility index (Phi) is 4.30. The van der Waals surface area contributed by atoms with E-state index in [4.69, 9.17) is 5.10 Å². The number of rotatable bonds is 4. The first-order valence-corrected chi connectivity index (χ1v) is 10.3. The third-order valence-electron chi connectivity index (χ3n) is 4.53. The average molecular weight is 378 g/mol. The Hall–Kier alpha value is -2.96. The van der Waals surface area contributed by atoms with Crippen molar-refractivity contribution in [2.45, 2.75) is 11.5 Å². The number of hydrogen-bond donors (Lipinski definition) is 1. The van der Waals surface area contributed by atoms with Crippen molar-refractivity contribution < 1.29 is 13.5 Å². The SMILES string of the molecule is CS(=O)(=O)c1ccc(-c2c(-c3ccccc3)nn3cccc(CO)c23)cc1. The predicted molar refractivity (Wildman–Crippen MR) is 105 cm³/mol. The smallest absolute Gasteiger partial charge is 0.175 e. The van der Waals surface area contributed by atoms with Gasteiger partial charge in [0.25, 0.3) is 0 Å². The molecular formula is C21H18N2O3S. The summed E-state index contributed by atoms with van der Waals surface area (Å²) in [6, 6.07) is 20.3. The van der Waals surface area contributed by atoms with E-state index < -0.39 is 9.84 Å². The van der Waals surface area contributed by atoms with Gasteiger partial charge in [-0.1, -0.05) is 48.5 Å². The molecule has 0 aliphatic rings. The molecule has 2 heterocycles. The molecule has 0 saturated heterocycles. The van der Waals surface area contributed by atoms with Gasteiger partial charge in [0.2, 0.25) is 0 Å². The second kappa shape index (κ2) is 6.64. The summed E-state index contributed by atoms with van der Waals surface area (Å²) in [5.41, 5.74) is 5.01. The maximum absolute atomic E-state index is 11.8. The van der Waals surface area contributed by atoms with Crippen molar-refractivity contribution in [2.75, 3.05) is 6.26 Å². The van der Waals surface area contributed by atoms with Crippen LogP contribution in [0.2, 0.25) is 0 Å². The largest absolute Gasteiger partial charge is 0.392 e. The fourth-order valence-electron chi connectivity index (χ4n) is 3.24. The third kappa shape index (κ3) is 3.13. The van der Waals surface area contributed by atoms with E-state index in [9.17, 15) is 13.5 Å². The Balaban J connectivity index is 2.03. The van der Waals surface area contributed by atoms with Crippen LogP contribution in [0.25, 0.3) is 27.9 Å². The molecule has 1 N–H and O–H groups in total. The van der Waals surface area contributed by atoms with Gasteiger partial charge in [-0.05, 0) is 23.8 Å². The Morgan fingerprint density at radius 1 is 0.926 bits per heavy atom. The highest BCUT2D eigenvalue weighted by Gasteiger charge is 2.19. The minimum atomic E-state index is -3.27. The lowest BCUT2D eigenvalue weighted by atomic mass is 9.98. The highest BCUT2D eigenvalue weighted by atomic mass is 32.2. The van der Waals surface area contributed by atoms with E-state index in [0.717, 1.165) is 33.5 Å². The fourth-order valence-corrected chi connectivity index (χ4v) is 3.87. The summed E-state index contributed by atoms with van der Waals surface area (Å²) in [5.74, 6) is 0. The Bertz CT molecular complexity index is 1210. The maximum atomic E-state index is 11.8. The molecule has 0 atom stereocenters. The summed E-state index contributed by atoms with van der Waals surface area (Å²) in [5, 5.41) is 14.5. The summed E-state index contributed by atoms with van der Waals surface area (Å²) in [6.07, 6.45) is 3.03. The van der Waals surface area contributed by atoms with Gasteiger partial charge >= 0.3 is 0 Å². The molecule has 27 heavy (non-hydrogen) atoms. The molecule has 0 unspecified atom stereocenters. The van der Waals surface area contributed by atoms with Gasteiger partial charge in [-0.25, -0.2) is 12.9 Å². The zero-order valence-corrected chi connectivity index (χ0v) is 15.5. The lowest BCUT2D eigenvalue weighted by Crippen LogP contribution is -1.96. The highest BCUT2D eigenvalue weighted by molar-refractivity contribution is 7.90. The van der Waals surface area contributed by atoms with Crippen molar-refractivity contribution in [2.24, 2.45) is 0 Å². The maximum Gasteiger partial charge on any atom is 0.175 e. The number of aliphatic hydroxyl groups excluding tert-OH is 1. The molecule has 0 radical (unpaired) electrons. The molecule has 0 aliphatic carbocycles. The highest BCUT2D eigenvalue weighted by Crippen LogP contribution is 2.36. The zero-order chi connectivity index (χ0) is 19.0. The van der Waals surface area contributed by atoms with Crippen molar-refractivity contribution in [1.82, 2.24) is 9.61 Å². The molecule has 0 spiro atoms. The second-order valence-electron chi connectivity index (χ2n) is 6.37. The first-order valence-electron chi connectivity index (χ1n) is 8.46. The van der Waals surface area contributed by atoms with E-state index in [2.05, 4.69) is 0 Å². The number of nitrogens with zero attached hydrogens (tertiary/aromatic N) is 2. The summed E-state index contributed by atoms with van der Waals surface area (Å²) in [4.78, 5) is 0.270. The van der Waals surface area contributed by atoms with Crippen LogP contribution in [0.5, 0.6) is 0 Å². The second-order valence-corrected chi connectivity index (χ2v) is 8.39. The van der Waals surface area contributed by atoms with Crippen LogP contribution < -0.4 is 0 Å². The van der Waals surface area contributed by atoms with Crippen molar-refractivity contribution >= 4 is 15.4 Å². The van der Waals surface area contributed by atoms with Crippen LogP contribution in [0, 0.1) is 0 Å². The Morgan fingerprint density at radius 2 is 1.63 bits per heavy atom. The van der Waals surface area contributed by atoms with Crippen molar-refractivity contribution in [3.05, 3.63) is 78.5 Å². The topological polar surface area (TPSA) is 71.7 Å². The third-order valence-corrected chi connectivity index (χ3v) is 5.66. The first kappa shape index (κ1) is 17.5. The number of pyridine rings is 1. The molecule has 0 amide bonds. The number of sulfone groups is 1. The van der Waals surface area contributed by atoms with Gasteiger partial charge in [0, 0.05) is 29.1 Å². The van der Waals surface area contributed by atoms with E-state index in [-0.39, 0.29) is 11.5 Å². The molecule has 0 bridgehead atoms. The van der Waals surface area contributed by atoms with E-state index in [0.29, 0.717) is 0 Å². The van der Waals surface area contributed by atoms with Crippen LogP contribution in [-0.4, -0.2) is 29.4 Å². The van der Waals surface area contributed by atoms with Gasteiger partial charge < -0.3 is 5.11 Å².